The van der Waals surface area contributed by atoms with Crippen LogP contribution in [0.15, 0.2) is 0 Å². The second kappa shape index (κ2) is 3.20. The van der Waals surface area contributed by atoms with Crippen LogP contribution in [-0.2, 0) is 7.05 Å². The molecule has 3 aromatic rings. The van der Waals surface area contributed by atoms with E-state index < -0.39 is 0 Å². The highest BCUT2D eigenvalue weighted by Gasteiger charge is 2.17. The molecule has 0 bridgehead atoms. The number of nitrogens with two attached hydrogens (primary N) is 1. The minimum atomic E-state index is 0.597. The third kappa shape index (κ3) is 1.23. The van der Waals surface area contributed by atoms with Crippen molar-refractivity contribution in [1.29, 1.82) is 0 Å². The van der Waals surface area contributed by atoms with Gasteiger partial charge >= 0.3 is 0 Å². The van der Waals surface area contributed by atoms with Crippen molar-refractivity contribution >= 4 is 37.6 Å². The first-order valence-corrected chi connectivity index (χ1v) is 6.31. The Balaban J connectivity index is 2.64. The van der Waals surface area contributed by atoms with Gasteiger partial charge in [-0.3, -0.25) is 4.68 Å². The molecular formula is C12H14N4S. The minimum Gasteiger partial charge on any atom is -0.381 e. The molecule has 0 aliphatic heterocycles. The minimum absolute atomic E-state index is 0.597. The maximum atomic E-state index is 5.92. The Morgan fingerprint density at radius 1 is 1.18 bits per heavy atom. The zero-order chi connectivity index (χ0) is 12.3. The van der Waals surface area contributed by atoms with Gasteiger partial charge < -0.3 is 5.73 Å². The topological polar surface area (TPSA) is 56.7 Å². The number of fused-ring (bicyclic) bond motifs is 3. The van der Waals surface area contributed by atoms with Gasteiger partial charge in [-0.05, 0) is 31.9 Å². The lowest BCUT2D eigenvalue weighted by molar-refractivity contribution is 0.804. The van der Waals surface area contributed by atoms with Crippen LogP contribution in [0.2, 0.25) is 0 Å². The molecule has 0 atom stereocenters. The number of anilines is 1. The molecule has 3 rings (SSSR count). The summed E-state index contributed by atoms with van der Waals surface area (Å²) in [5.74, 6) is 0.597. The summed E-state index contributed by atoms with van der Waals surface area (Å²) in [5.41, 5.74) is 10.6. The summed E-state index contributed by atoms with van der Waals surface area (Å²) in [6.45, 7) is 6.30. The van der Waals surface area contributed by atoms with E-state index in [1.807, 2.05) is 18.7 Å². The Labute approximate surface area is 103 Å². The number of aromatic nitrogens is 3. The van der Waals surface area contributed by atoms with Gasteiger partial charge in [0.25, 0.3) is 0 Å². The van der Waals surface area contributed by atoms with E-state index in [-0.39, 0.29) is 0 Å². The lowest BCUT2D eigenvalue weighted by atomic mass is 10.1. The quantitative estimate of drug-likeness (QED) is 0.663. The van der Waals surface area contributed by atoms with Crippen LogP contribution in [0.3, 0.4) is 0 Å². The summed E-state index contributed by atoms with van der Waals surface area (Å²) in [4.78, 5) is 5.71. The largest absolute Gasteiger partial charge is 0.381 e. The number of aryl methyl sites for hydroxylation is 3. The zero-order valence-electron chi connectivity index (χ0n) is 10.3. The van der Waals surface area contributed by atoms with E-state index in [0.717, 1.165) is 20.7 Å². The van der Waals surface area contributed by atoms with Crippen molar-refractivity contribution in [2.45, 2.75) is 20.8 Å². The molecule has 0 aliphatic rings. The summed E-state index contributed by atoms with van der Waals surface area (Å²) in [6.07, 6.45) is 0. The van der Waals surface area contributed by atoms with Crippen molar-refractivity contribution in [2.24, 2.45) is 7.05 Å². The lowest BCUT2D eigenvalue weighted by Gasteiger charge is -2.05. The van der Waals surface area contributed by atoms with Crippen LogP contribution in [0.4, 0.5) is 5.82 Å². The molecule has 0 saturated carbocycles. The molecule has 0 aromatic carbocycles. The number of nitrogen functional groups attached to an aromatic ring is 1. The van der Waals surface area contributed by atoms with Crippen molar-refractivity contribution in [1.82, 2.24) is 14.8 Å². The Morgan fingerprint density at radius 3 is 2.59 bits per heavy atom. The van der Waals surface area contributed by atoms with Gasteiger partial charge in [0.2, 0.25) is 0 Å². The second-order valence-electron chi connectivity index (χ2n) is 4.42. The van der Waals surface area contributed by atoms with Crippen molar-refractivity contribution in [2.75, 3.05) is 5.73 Å². The molecule has 0 saturated heterocycles. The molecule has 2 N–H and O–H groups in total. The molecule has 0 aliphatic carbocycles. The van der Waals surface area contributed by atoms with Gasteiger partial charge in [-0.1, -0.05) is 0 Å². The van der Waals surface area contributed by atoms with E-state index in [4.69, 9.17) is 5.73 Å². The number of hydrogen-bond acceptors (Lipinski definition) is 4. The molecule has 0 unspecified atom stereocenters. The SMILES string of the molecule is Cc1nc2sc3c(N)nn(C)c3c2c(C)c1C. The predicted octanol–water partition coefficient (Wildman–Crippen LogP) is 2.69. The van der Waals surface area contributed by atoms with Gasteiger partial charge in [-0.25, -0.2) is 4.98 Å². The molecule has 3 aromatic heterocycles. The number of nitrogens with zero attached hydrogens (tertiary/aromatic N) is 3. The Kier molecular flexibility index (Phi) is 1.98. The fourth-order valence-electron chi connectivity index (χ4n) is 2.26. The van der Waals surface area contributed by atoms with Crippen LogP contribution in [-0.4, -0.2) is 14.8 Å². The summed E-state index contributed by atoms with van der Waals surface area (Å²) in [7, 11) is 1.93. The van der Waals surface area contributed by atoms with Gasteiger partial charge in [0.1, 0.15) is 4.83 Å². The maximum Gasteiger partial charge on any atom is 0.163 e. The smallest absolute Gasteiger partial charge is 0.163 e. The molecule has 5 heteroatoms. The van der Waals surface area contributed by atoms with Crippen molar-refractivity contribution in [3.8, 4) is 0 Å². The standard InChI is InChI=1S/C12H14N4S/c1-5-6(2)8-9-10(11(13)15-16(9)4)17-12(8)14-7(5)3/h1-4H3,(H2,13,15). The maximum absolute atomic E-state index is 5.92. The van der Waals surface area contributed by atoms with E-state index in [1.165, 1.54) is 16.5 Å². The van der Waals surface area contributed by atoms with Gasteiger partial charge in [0, 0.05) is 18.1 Å². The average molecular weight is 246 g/mol. The second-order valence-corrected chi connectivity index (χ2v) is 5.42. The third-order valence-electron chi connectivity index (χ3n) is 3.43. The number of thiophene rings is 1. The lowest BCUT2D eigenvalue weighted by Crippen LogP contribution is -1.95. The van der Waals surface area contributed by atoms with Gasteiger partial charge in [-0.2, -0.15) is 5.10 Å². The van der Waals surface area contributed by atoms with Crippen LogP contribution in [0.25, 0.3) is 20.4 Å². The summed E-state index contributed by atoms with van der Waals surface area (Å²) in [5, 5.41) is 5.46. The molecule has 0 radical (unpaired) electrons. The van der Waals surface area contributed by atoms with Crippen LogP contribution in [0, 0.1) is 20.8 Å². The van der Waals surface area contributed by atoms with Crippen LogP contribution in [0.1, 0.15) is 16.8 Å². The van der Waals surface area contributed by atoms with Crippen LogP contribution in [0.5, 0.6) is 0 Å². The van der Waals surface area contributed by atoms with E-state index in [1.54, 1.807) is 11.3 Å². The van der Waals surface area contributed by atoms with Crippen LogP contribution >= 0.6 is 11.3 Å². The molecule has 0 fully saturated rings. The normalized spacial score (nSPS) is 11.8. The number of pyridine rings is 1. The number of rotatable bonds is 0. The molecule has 3 heterocycles. The first-order chi connectivity index (χ1) is 8.00. The molecular weight excluding hydrogens is 232 g/mol. The van der Waals surface area contributed by atoms with E-state index in [9.17, 15) is 0 Å². The van der Waals surface area contributed by atoms with Crippen LogP contribution < -0.4 is 5.73 Å². The van der Waals surface area contributed by atoms with E-state index in [0.29, 0.717) is 5.82 Å². The highest BCUT2D eigenvalue weighted by molar-refractivity contribution is 7.26. The van der Waals surface area contributed by atoms with Gasteiger partial charge in [0.05, 0.1) is 10.2 Å². The predicted molar refractivity (Wildman–Crippen MR) is 72.5 cm³/mol. The average Bonchev–Trinajstić information content (AvgIpc) is 2.76. The highest BCUT2D eigenvalue weighted by atomic mass is 32.1. The van der Waals surface area contributed by atoms with E-state index in [2.05, 4.69) is 23.9 Å². The zero-order valence-corrected chi connectivity index (χ0v) is 11.1. The fourth-order valence-corrected chi connectivity index (χ4v) is 3.47. The molecule has 0 spiro atoms. The van der Waals surface area contributed by atoms with Crippen molar-refractivity contribution in [3.63, 3.8) is 0 Å². The Hall–Kier alpha value is -1.62. The third-order valence-corrected chi connectivity index (χ3v) is 4.52. The molecule has 4 nitrogen and oxygen atoms in total. The highest BCUT2D eigenvalue weighted by Crippen LogP contribution is 2.38. The summed E-state index contributed by atoms with van der Waals surface area (Å²) < 4.78 is 2.90. The molecule has 0 amide bonds. The Morgan fingerprint density at radius 2 is 1.88 bits per heavy atom. The summed E-state index contributed by atoms with van der Waals surface area (Å²) in [6, 6.07) is 0. The molecule has 88 valence electrons. The van der Waals surface area contributed by atoms with Crippen molar-refractivity contribution < 1.29 is 0 Å². The van der Waals surface area contributed by atoms with Gasteiger partial charge in [-0.15, -0.1) is 11.3 Å². The van der Waals surface area contributed by atoms with E-state index >= 15 is 0 Å². The van der Waals surface area contributed by atoms with Gasteiger partial charge in [0.15, 0.2) is 5.82 Å². The first-order valence-electron chi connectivity index (χ1n) is 5.49. The Bertz CT molecular complexity index is 751. The monoisotopic (exact) mass is 246 g/mol. The molecule has 17 heavy (non-hydrogen) atoms. The van der Waals surface area contributed by atoms with Crippen molar-refractivity contribution in [3.05, 3.63) is 16.8 Å². The first kappa shape index (κ1) is 10.5. The summed E-state index contributed by atoms with van der Waals surface area (Å²) >= 11 is 1.63. The number of hydrogen-bond donors (Lipinski definition) is 1. The fraction of sp³-hybridized carbons (Fsp3) is 0.333.